The van der Waals surface area contributed by atoms with Crippen LogP contribution in [0.15, 0.2) is 21.6 Å². The molecule has 0 radical (unpaired) electrons. The van der Waals surface area contributed by atoms with Crippen molar-refractivity contribution in [2.24, 2.45) is 0 Å². The van der Waals surface area contributed by atoms with Crippen LogP contribution in [0.25, 0.3) is 0 Å². The van der Waals surface area contributed by atoms with Crippen molar-refractivity contribution in [3.8, 4) is 0 Å². The van der Waals surface area contributed by atoms with E-state index in [2.05, 4.69) is 5.32 Å². The van der Waals surface area contributed by atoms with Gasteiger partial charge in [-0.1, -0.05) is 0 Å². The molecule has 1 aliphatic rings. The average Bonchev–Trinajstić information content (AvgIpc) is 2.65. The van der Waals surface area contributed by atoms with Crippen LogP contribution in [0.2, 0.25) is 0 Å². The summed E-state index contributed by atoms with van der Waals surface area (Å²) in [6.45, 7) is 5.36. The molecule has 5 nitrogen and oxygen atoms in total. The Hall–Kier alpha value is -0.850. The molecule has 1 atom stereocenters. The third-order valence-electron chi connectivity index (χ3n) is 2.64. The summed E-state index contributed by atoms with van der Waals surface area (Å²) in [7, 11) is -3.45. The van der Waals surface area contributed by atoms with E-state index in [0.717, 1.165) is 0 Å². The summed E-state index contributed by atoms with van der Waals surface area (Å²) in [6.07, 6.45) is 0. The number of sulfonamides is 1. The Labute approximate surface area is 95.5 Å². The zero-order chi connectivity index (χ0) is 11.8. The number of hydrogen-bond acceptors (Lipinski definition) is 4. The van der Waals surface area contributed by atoms with Crippen molar-refractivity contribution in [3.05, 3.63) is 17.9 Å². The Balaban J connectivity index is 2.25. The molecular formula is C10H16N2O3S. The second kappa shape index (κ2) is 4.20. The molecule has 1 unspecified atom stereocenters. The largest absolute Gasteiger partial charge is 0.449 e. The monoisotopic (exact) mass is 244 g/mol. The van der Waals surface area contributed by atoms with Gasteiger partial charge in [0.25, 0.3) is 10.0 Å². The van der Waals surface area contributed by atoms with E-state index in [9.17, 15) is 8.42 Å². The fourth-order valence-corrected chi connectivity index (χ4v) is 3.28. The number of nitrogens with one attached hydrogen (secondary N) is 1. The molecule has 16 heavy (non-hydrogen) atoms. The van der Waals surface area contributed by atoms with E-state index in [4.69, 9.17) is 4.42 Å². The van der Waals surface area contributed by atoms with Gasteiger partial charge in [0.2, 0.25) is 5.09 Å². The number of rotatable bonds is 2. The predicted octanol–water partition coefficient (Wildman–Crippen LogP) is 0.570. The van der Waals surface area contributed by atoms with Crippen molar-refractivity contribution in [1.82, 2.24) is 9.62 Å². The summed E-state index contributed by atoms with van der Waals surface area (Å²) in [5.41, 5.74) is 0. The van der Waals surface area contributed by atoms with E-state index in [1.165, 1.54) is 10.4 Å². The maximum atomic E-state index is 12.2. The minimum atomic E-state index is -3.45. The second-order valence-electron chi connectivity index (χ2n) is 4.08. The van der Waals surface area contributed by atoms with E-state index < -0.39 is 10.0 Å². The first-order valence-electron chi connectivity index (χ1n) is 5.30. The summed E-state index contributed by atoms with van der Waals surface area (Å²) < 4.78 is 31.0. The zero-order valence-electron chi connectivity index (χ0n) is 9.43. The van der Waals surface area contributed by atoms with Crippen molar-refractivity contribution in [2.45, 2.75) is 25.0 Å². The Bertz CT molecular complexity index is 466. The number of hydrogen-bond donors (Lipinski definition) is 1. The second-order valence-corrected chi connectivity index (χ2v) is 5.95. The number of nitrogens with zero attached hydrogens (tertiary/aromatic N) is 1. The van der Waals surface area contributed by atoms with Gasteiger partial charge in [-0.3, -0.25) is 0 Å². The van der Waals surface area contributed by atoms with E-state index in [1.54, 1.807) is 13.0 Å². The molecule has 1 aromatic heterocycles. The quantitative estimate of drug-likeness (QED) is 0.826. The summed E-state index contributed by atoms with van der Waals surface area (Å²) in [5, 5.41) is 3.24. The van der Waals surface area contributed by atoms with Crippen LogP contribution in [0.3, 0.4) is 0 Å². The van der Waals surface area contributed by atoms with Crippen LogP contribution in [0.5, 0.6) is 0 Å². The molecule has 1 aromatic rings. The van der Waals surface area contributed by atoms with Gasteiger partial charge in [0.05, 0.1) is 0 Å². The summed E-state index contributed by atoms with van der Waals surface area (Å²) in [4.78, 5) is 0. The van der Waals surface area contributed by atoms with Crippen LogP contribution in [0.1, 0.15) is 12.7 Å². The molecule has 0 aliphatic carbocycles. The van der Waals surface area contributed by atoms with Crippen LogP contribution >= 0.6 is 0 Å². The smallest absolute Gasteiger partial charge is 0.276 e. The highest BCUT2D eigenvalue weighted by Gasteiger charge is 2.30. The zero-order valence-corrected chi connectivity index (χ0v) is 10.3. The Morgan fingerprint density at radius 2 is 2.25 bits per heavy atom. The molecule has 0 aromatic carbocycles. The van der Waals surface area contributed by atoms with Crippen LogP contribution < -0.4 is 5.32 Å². The predicted molar refractivity (Wildman–Crippen MR) is 59.7 cm³/mol. The van der Waals surface area contributed by atoms with Crippen molar-refractivity contribution >= 4 is 10.0 Å². The van der Waals surface area contributed by atoms with Gasteiger partial charge in [-0.2, -0.15) is 4.31 Å². The maximum absolute atomic E-state index is 12.2. The molecule has 1 saturated heterocycles. The van der Waals surface area contributed by atoms with E-state index in [0.29, 0.717) is 25.4 Å². The highest BCUT2D eigenvalue weighted by molar-refractivity contribution is 7.89. The van der Waals surface area contributed by atoms with Crippen LogP contribution in [0.4, 0.5) is 0 Å². The Morgan fingerprint density at radius 1 is 1.50 bits per heavy atom. The van der Waals surface area contributed by atoms with Gasteiger partial charge in [0, 0.05) is 25.7 Å². The number of furan rings is 1. The normalized spacial score (nSPS) is 23.5. The lowest BCUT2D eigenvalue weighted by atomic mass is 10.3. The first kappa shape index (κ1) is 11.6. The number of aryl methyl sites for hydroxylation is 1. The lowest BCUT2D eigenvalue weighted by molar-refractivity contribution is 0.300. The van der Waals surface area contributed by atoms with Gasteiger partial charge in [-0.15, -0.1) is 0 Å². The Kier molecular flexibility index (Phi) is 3.05. The fourth-order valence-electron chi connectivity index (χ4n) is 1.79. The van der Waals surface area contributed by atoms with Crippen molar-refractivity contribution < 1.29 is 12.8 Å². The third-order valence-corrected chi connectivity index (χ3v) is 4.38. The summed E-state index contributed by atoms with van der Waals surface area (Å²) in [5.74, 6) is 0.613. The fraction of sp³-hybridized carbons (Fsp3) is 0.600. The first-order chi connectivity index (χ1) is 7.50. The van der Waals surface area contributed by atoms with E-state index >= 15 is 0 Å². The lowest BCUT2D eigenvalue weighted by Gasteiger charge is -2.30. The van der Waals surface area contributed by atoms with Crippen LogP contribution in [-0.4, -0.2) is 38.4 Å². The molecule has 6 heteroatoms. The first-order valence-corrected chi connectivity index (χ1v) is 6.74. The van der Waals surface area contributed by atoms with Gasteiger partial charge in [-0.05, 0) is 26.0 Å². The number of piperazine rings is 1. The van der Waals surface area contributed by atoms with Crippen molar-refractivity contribution in [1.29, 1.82) is 0 Å². The molecule has 90 valence electrons. The van der Waals surface area contributed by atoms with Crippen molar-refractivity contribution in [3.63, 3.8) is 0 Å². The summed E-state index contributed by atoms with van der Waals surface area (Å²) >= 11 is 0. The topological polar surface area (TPSA) is 62.6 Å². The van der Waals surface area contributed by atoms with E-state index in [-0.39, 0.29) is 11.1 Å². The van der Waals surface area contributed by atoms with Gasteiger partial charge in [-0.25, -0.2) is 8.42 Å². The standard InChI is InChI=1S/C10H16N2O3S/c1-8-7-12(6-5-11-8)16(13,14)10-4-3-9(2)15-10/h3-4,8,11H,5-7H2,1-2H3. The minimum absolute atomic E-state index is 0.0408. The van der Waals surface area contributed by atoms with Crippen molar-refractivity contribution in [2.75, 3.05) is 19.6 Å². The maximum Gasteiger partial charge on any atom is 0.276 e. The molecule has 0 amide bonds. The van der Waals surface area contributed by atoms with Gasteiger partial charge < -0.3 is 9.73 Å². The molecule has 1 fully saturated rings. The lowest BCUT2D eigenvalue weighted by Crippen LogP contribution is -2.51. The van der Waals surface area contributed by atoms with Gasteiger partial charge >= 0.3 is 0 Å². The molecular weight excluding hydrogens is 228 g/mol. The van der Waals surface area contributed by atoms with Gasteiger partial charge in [0.1, 0.15) is 5.76 Å². The van der Waals surface area contributed by atoms with Crippen LogP contribution in [-0.2, 0) is 10.0 Å². The van der Waals surface area contributed by atoms with E-state index in [1.807, 2.05) is 6.92 Å². The molecule has 0 bridgehead atoms. The Morgan fingerprint density at radius 3 is 2.81 bits per heavy atom. The minimum Gasteiger partial charge on any atom is -0.449 e. The molecule has 1 N–H and O–H groups in total. The van der Waals surface area contributed by atoms with Crippen LogP contribution in [0, 0.1) is 6.92 Å². The SMILES string of the molecule is Cc1ccc(S(=O)(=O)N2CCNC(C)C2)o1. The molecule has 2 rings (SSSR count). The molecule has 0 saturated carbocycles. The third kappa shape index (κ3) is 2.14. The molecule has 1 aliphatic heterocycles. The van der Waals surface area contributed by atoms with Gasteiger partial charge in [0.15, 0.2) is 0 Å². The molecule has 2 heterocycles. The highest BCUT2D eigenvalue weighted by Crippen LogP contribution is 2.19. The molecule has 0 spiro atoms. The highest BCUT2D eigenvalue weighted by atomic mass is 32.2. The summed E-state index contributed by atoms with van der Waals surface area (Å²) in [6, 6.07) is 3.36. The average molecular weight is 244 g/mol.